The number of benzene rings is 1. The van der Waals surface area contributed by atoms with Gasteiger partial charge in [0.2, 0.25) is 5.91 Å². The van der Waals surface area contributed by atoms with Crippen LogP contribution in [0.15, 0.2) is 24.3 Å². The number of likely N-dealkylation sites (tertiary alicyclic amines) is 2. The van der Waals surface area contributed by atoms with Crippen LogP contribution in [0.4, 0.5) is 0 Å². The number of fused-ring (bicyclic) bond motifs is 1. The molecule has 2 atom stereocenters. The molecule has 0 saturated carbocycles. The number of ether oxygens (including phenoxy) is 1. The number of esters is 1. The first-order chi connectivity index (χ1) is 14.2. The van der Waals surface area contributed by atoms with Gasteiger partial charge in [0.05, 0.1) is 28.4 Å². The summed E-state index contributed by atoms with van der Waals surface area (Å²) >= 11 is 1.77. The van der Waals surface area contributed by atoms with Gasteiger partial charge in [-0.15, -0.1) is 11.3 Å². The molecule has 156 valence electrons. The summed E-state index contributed by atoms with van der Waals surface area (Å²) < 4.78 is 6.43. The highest BCUT2D eigenvalue weighted by Crippen LogP contribution is 2.33. The molecule has 0 bridgehead atoms. The van der Waals surface area contributed by atoms with Gasteiger partial charge in [-0.05, 0) is 57.7 Å². The van der Waals surface area contributed by atoms with Gasteiger partial charge in [0, 0.05) is 19.0 Å². The summed E-state index contributed by atoms with van der Waals surface area (Å²) in [4.78, 5) is 34.1. The molecule has 3 heterocycles. The van der Waals surface area contributed by atoms with E-state index in [-0.39, 0.29) is 11.9 Å². The summed E-state index contributed by atoms with van der Waals surface area (Å²) in [6.07, 6.45) is 4.81. The Hall–Kier alpha value is -1.99. The van der Waals surface area contributed by atoms with E-state index in [2.05, 4.69) is 23.1 Å². The molecule has 1 aromatic carbocycles. The number of thiazole rings is 1. The fourth-order valence-corrected chi connectivity index (χ4v) is 5.55. The second-order valence-electron chi connectivity index (χ2n) is 7.94. The van der Waals surface area contributed by atoms with Crippen molar-refractivity contribution in [2.24, 2.45) is 0 Å². The molecule has 1 amide bonds. The summed E-state index contributed by atoms with van der Waals surface area (Å²) in [5.74, 6) is 0.162. The topological polar surface area (TPSA) is 62.7 Å². The van der Waals surface area contributed by atoms with Gasteiger partial charge in [-0.1, -0.05) is 12.1 Å². The van der Waals surface area contributed by atoms with Crippen LogP contribution in [0.5, 0.6) is 0 Å². The van der Waals surface area contributed by atoms with E-state index >= 15 is 0 Å². The maximum atomic E-state index is 13.0. The molecule has 0 unspecified atom stereocenters. The predicted molar refractivity (Wildman–Crippen MR) is 114 cm³/mol. The van der Waals surface area contributed by atoms with Crippen molar-refractivity contribution in [3.8, 4) is 0 Å². The number of carbonyl (C=O) groups excluding carboxylic acids is 2. The van der Waals surface area contributed by atoms with Crippen LogP contribution >= 0.6 is 11.3 Å². The SMILES string of the molecule is CCOC(=O)[C@@H]1CCCCN1C(=O)CN1CCC[C@H](c2nc3ccccc3s2)C1. The van der Waals surface area contributed by atoms with Crippen LogP contribution in [-0.4, -0.2) is 65.5 Å². The number of amides is 1. The molecule has 2 aliphatic rings. The van der Waals surface area contributed by atoms with Crippen molar-refractivity contribution in [2.45, 2.75) is 51.0 Å². The molecular weight excluding hydrogens is 386 g/mol. The molecule has 6 nitrogen and oxygen atoms in total. The Kier molecular flexibility index (Phi) is 6.45. The van der Waals surface area contributed by atoms with Crippen molar-refractivity contribution in [1.82, 2.24) is 14.8 Å². The third kappa shape index (κ3) is 4.61. The van der Waals surface area contributed by atoms with Crippen LogP contribution in [0.1, 0.15) is 50.0 Å². The van der Waals surface area contributed by atoms with Gasteiger partial charge in [0.25, 0.3) is 0 Å². The first-order valence-electron chi connectivity index (χ1n) is 10.7. The molecule has 2 saturated heterocycles. The fourth-order valence-electron chi connectivity index (χ4n) is 4.46. The zero-order chi connectivity index (χ0) is 20.2. The zero-order valence-corrected chi connectivity index (χ0v) is 17.8. The van der Waals surface area contributed by atoms with Gasteiger partial charge < -0.3 is 9.64 Å². The number of hydrogen-bond donors (Lipinski definition) is 0. The molecule has 2 aromatic rings. The highest BCUT2D eigenvalue weighted by molar-refractivity contribution is 7.18. The largest absolute Gasteiger partial charge is 0.464 e. The molecule has 29 heavy (non-hydrogen) atoms. The Morgan fingerprint density at radius 2 is 2.03 bits per heavy atom. The van der Waals surface area contributed by atoms with Gasteiger partial charge in [0.15, 0.2) is 0 Å². The molecule has 4 rings (SSSR count). The average Bonchev–Trinajstić information content (AvgIpc) is 3.18. The van der Waals surface area contributed by atoms with Crippen LogP contribution in [0, 0.1) is 0 Å². The smallest absolute Gasteiger partial charge is 0.328 e. The molecule has 0 spiro atoms. The Balaban J connectivity index is 1.40. The average molecular weight is 416 g/mol. The van der Waals surface area contributed by atoms with Crippen LogP contribution < -0.4 is 0 Å². The molecule has 2 aliphatic heterocycles. The minimum Gasteiger partial charge on any atom is -0.464 e. The lowest BCUT2D eigenvalue weighted by atomic mass is 9.98. The fraction of sp³-hybridized carbons (Fsp3) is 0.591. The van der Waals surface area contributed by atoms with Crippen molar-refractivity contribution in [3.05, 3.63) is 29.3 Å². The second kappa shape index (κ2) is 9.22. The highest BCUT2D eigenvalue weighted by atomic mass is 32.1. The lowest BCUT2D eigenvalue weighted by molar-refractivity contribution is -0.157. The second-order valence-corrected chi connectivity index (χ2v) is 9.01. The summed E-state index contributed by atoms with van der Waals surface area (Å²) in [6, 6.07) is 7.84. The molecule has 0 N–H and O–H groups in total. The molecule has 0 aliphatic carbocycles. The quantitative estimate of drug-likeness (QED) is 0.700. The van der Waals surface area contributed by atoms with Gasteiger partial charge in [0.1, 0.15) is 6.04 Å². The molecule has 2 fully saturated rings. The van der Waals surface area contributed by atoms with E-state index in [1.54, 1.807) is 16.2 Å². The van der Waals surface area contributed by atoms with E-state index in [4.69, 9.17) is 9.72 Å². The van der Waals surface area contributed by atoms with E-state index in [1.807, 2.05) is 13.0 Å². The number of nitrogens with zero attached hydrogens (tertiary/aromatic N) is 3. The molecular formula is C22H29N3O3S. The predicted octanol–water partition coefficient (Wildman–Crippen LogP) is 3.42. The van der Waals surface area contributed by atoms with Crippen LogP contribution in [0.2, 0.25) is 0 Å². The monoisotopic (exact) mass is 415 g/mol. The number of piperidine rings is 2. The number of rotatable bonds is 5. The maximum Gasteiger partial charge on any atom is 0.328 e. The Morgan fingerprint density at radius 3 is 2.86 bits per heavy atom. The molecule has 0 radical (unpaired) electrons. The van der Waals surface area contributed by atoms with E-state index in [9.17, 15) is 9.59 Å². The minimum absolute atomic E-state index is 0.0488. The summed E-state index contributed by atoms with van der Waals surface area (Å²) in [7, 11) is 0. The standard InChI is InChI=1S/C22H29N3O3S/c1-2-28-22(27)18-10-5-6-13-25(18)20(26)15-24-12-7-8-16(14-24)21-23-17-9-3-4-11-19(17)29-21/h3-4,9,11,16,18H,2,5-8,10,12-15H2,1H3/t16-,18-/m0/s1. The molecule has 7 heteroatoms. The number of carbonyl (C=O) groups is 2. The number of hydrogen-bond acceptors (Lipinski definition) is 6. The van der Waals surface area contributed by atoms with Crippen molar-refractivity contribution in [2.75, 3.05) is 32.8 Å². The normalized spacial score (nSPS) is 23.3. The highest BCUT2D eigenvalue weighted by Gasteiger charge is 2.34. The van der Waals surface area contributed by atoms with Crippen molar-refractivity contribution < 1.29 is 14.3 Å². The summed E-state index contributed by atoms with van der Waals surface area (Å²) in [5, 5.41) is 1.17. The minimum atomic E-state index is -0.416. The lowest BCUT2D eigenvalue weighted by Gasteiger charge is -2.37. The first kappa shape index (κ1) is 20.3. The van der Waals surface area contributed by atoms with Gasteiger partial charge in [-0.2, -0.15) is 0 Å². The van der Waals surface area contributed by atoms with Crippen molar-refractivity contribution >= 4 is 33.4 Å². The zero-order valence-electron chi connectivity index (χ0n) is 17.0. The van der Waals surface area contributed by atoms with Gasteiger partial charge in [-0.25, -0.2) is 9.78 Å². The van der Waals surface area contributed by atoms with Gasteiger partial charge in [-0.3, -0.25) is 9.69 Å². The van der Waals surface area contributed by atoms with Crippen LogP contribution in [0.3, 0.4) is 0 Å². The first-order valence-corrected chi connectivity index (χ1v) is 11.5. The maximum absolute atomic E-state index is 13.0. The lowest BCUT2D eigenvalue weighted by Crippen LogP contribution is -2.52. The van der Waals surface area contributed by atoms with Crippen LogP contribution in [0.25, 0.3) is 10.2 Å². The van der Waals surface area contributed by atoms with Gasteiger partial charge >= 0.3 is 5.97 Å². The van der Waals surface area contributed by atoms with E-state index in [0.717, 1.165) is 44.3 Å². The number of para-hydroxylation sites is 1. The van der Waals surface area contributed by atoms with Crippen molar-refractivity contribution in [1.29, 1.82) is 0 Å². The number of aromatic nitrogens is 1. The Bertz CT molecular complexity index is 835. The Labute approximate surface area is 175 Å². The molecule has 1 aromatic heterocycles. The van der Waals surface area contributed by atoms with E-state index in [0.29, 0.717) is 32.0 Å². The van der Waals surface area contributed by atoms with E-state index < -0.39 is 6.04 Å². The van der Waals surface area contributed by atoms with E-state index in [1.165, 1.54) is 9.71 Å². The summed E-state index contributed by atoms with van der Waals surface area (Å²) in [5.41, 5.74) is 1.06. The van der Waals surface area contributed by atoms with Crippen LogP contribution in [-0.2, 0) is 14.3 Å². The third-order valence-corrected chi connectivity index (χ3v) is 7.10. The third-order valence-electron chi connectivity index (χ3n) is 5.91. The van der Waals surface area contributed by atoms with Crippen molar-refractivity contribution in [3.63, 3.8) is 0 Å². The Morgan fingerprint density at radius 1 is 1.17 bits per heavy atom. The summed E-state index contributed by atoms with van der Waals surface area (Å²) in [6.45, 7) is 4.96.